The van der Waals surface area contributed by atoms with Gasteiger partial charge in [-0.2, -0.15) is 0 Å². The zero-order valence-corrected chi connectivity index (χ0v) is 11.6. The molecule has 1 unspecified atom stereocenters. The maximum atomic E-state index is 12.1. The monoisotopic (exact) mass is 282 g/mol. The number of amides is 1. The Labute approximate surface area is 113 Å². The van der Waals surface area contributed by atoms with Crippen molar-refractivity contribution in [3.63, 3.8) is 0 Å². The van der Waals surface area contributed by atoms with Crippen molar-refractivity contribution >= 4 is 15.7 Å². The third-order valence-electron chi connectivity index (χ3n) is 3.37. The molecule has 1 heterocycles. The number of rotatable bonds is 3. The van der Waals surface area contributed by atoms with E-state index in [0.717, 1.165) is 0 Å². The van der Waals surface area contributed by atoms with Crippen LogP contribution in [0.15, 0.2) is 30.3 Å². The van der Waals surface area contributed by atoms with Crippen molar-refractivity contribution in [1.82, 2.24) is 5.32 Å². The molecule has 0 aliphatic carbocycles. The molecule has 19 heavy (non-hydrogen) atoms. The molecule has 6 heteroatoms. The Bertz CT molecular complexity index is 571. The van der Waals surface area contributed by atoms with Gasteiger partial charge in [-0.3, -0.25) is 4.79 Å². The number of carbonyl (C=O) groups is 1. The Kier molecular flexibility index (Phi) is 3.64. The molecule has 2 atom stereocenters. The number of hydrogen-bond donors (Lipinski definition) is 2. The highest BCUT2D eigenvalue weighted by Crippen LogP contribution is 2.23. The van der Waals surface area contributed by atoms with E-state index in [9.17, 15) is 13.2 Å². The van der Waals surface area contributed by atoms with Gasteiger partial charge < -0.3 is 11.1 Å². The molecule has 104 valence electrons. The van der Waals surface area contributed by atoms with E-state index >= 15 is 0 Å². The van der Waals surface area contributed by atoms with E-state index in [1.807, 2.05) is 18.2 Å². The summed E-state index contributed by atoms with van der Waals surface area (Å²) < 4.78 is 23.0. The summed E-state index contributed by atoms with van der Waals surface area (Å²) in [6, 6.07) is 8.24. The molecule has 0 aromatic heterocycles. The molecule has 1 amide bonds. The van der Waals surface area contributed by atoms with E-state index in [2.05, 4.69) is 5.32 Å². The van der Waals surface area contributed by atoms with Gasteiger partial charge in [0.25, 0.3) is 0 Å². The van der Waals surface area contributed by atoms with Crippen LogP contribution in [-0.4, -0.2) is 31.4 Å². The molecule has 1 saturated heterocycles. The minimum absolute atomic E-state index is 0.0206. The van der Waals surface area contributed by atoms with Crippen LogP contribution in [0, 0.1) is 0 Å². The highest BCUT2D eigenvalue weighted by Gasteiger charge is 2.40. The fourth-order valence-electron chi connectivity index (χ4n) is 2.30. The Morgan fingerprint density at radius 3 is 2.53 bits per heavy atom. The van der Waals surface area contributed by atoms with Crippen molar-refractivity contribution in [1.29, 1.82) is 0 Å². The Morgan fingerprint density at radius 1 is 1.37 bits per heavy atom. The van der Waals surface area contributed by atoms with E-state index < -0.39 is 21.4 Å². The van der Waals surface area contributed by atoms with Crippen molar-refractivity contribution in [2.24, 2.45) is 5.73 Å². The smallest absolute Gasteiger partial charge is 0.241 e. The molecule has 0 spiro atoms. The van der Waals surface area contributed by atoms with Gasteiger partial charge in [0, 0.05) is 0 Å². The van der Waals surface area contributed by atoms with Crippen LogP contribution in [0.3, 0.4) is 0 Å². The van der Waals surface area contributed by atoms with Gasteiger partial charge in [-0.25, -0.2) is 8.42 Å². The van der Waals surface area contributed by atoms with Gasteiger partial charge in [0.2, 0.25) is 5.91 Å². The van der Waals surface area contributed by atoms with E-state index in [-0.39, 0.29) is 17.4 Å². The highest BCUT2D eigenvalue weighted by molar-refractivity contribution is 7.91. The van der Waals surface area contributed by atoms with Gasteiger partial charge in [0.1, 0.15) is 6.04 Å². The second-order valence-corrected chi connectivity index (χ2v) is 7.46. The highest BCUT2D eigenvalue weighted by atomic mass is 32.2. The summed E-state index contributed by atoms with van der Waals surface area (Å²) in [6.45, 7) is 1.74. The summed E-state index contributed by atoms with van der Waals surface area (Å²) in [5.74, 6) is -0.247. The van der Waals surface area contributed by atoms with E-state index in [0.29, 0.717) is 12.0 Å². The maximum Gasteiger partial charge on any atom is 0.241 e. The summed E-state index contributed by atoms with van der Waals surface area (Å²) in [5, 5.41) is 2.77. The lowest BCUT2D eigenvalue weighted by Gasteiger charge is -2.26. The lowest BCUT2D eigenvalue weighted by Crippen LogP contribution is -2.50. The van der Waals surface area contributed by atoms with E-state index in [1.54, 1.807) is 19.1 Å². The molecule has 2 rings (SSSR count). The molecule has 1 fully saturated rings. The predicted octanol–water partition coefficient (Wildman–Crippen LogP) is 0.380. The number of nitrogens with two attached hydrogens (primary N) is 1. The zero-order valence-electron chi connectivity index (χ0n) is 10.8. The molecular formula is C13H18N2O3S. The van der Waals surface area contributed by atoms with Crippen molar-refractivity contribution in [2.45, 2.75) is 24.9 Å². The predicted molar refractivity (Wildman–Crippen MR) is 73.2 cm³/mol. The van der Waals surface area contributed by atoms with Crippen LogP contribution in [-0.2, 0) is 14.6 Å². The van der Waals surface area contributed by atoms with Crippen LogP contribution in [0.25, 0.3) is 0 Å². The maximum absolute atomic E-state index is 12.1. The average Bonchev–Trinajstić information content (AvgIpc) is 2.63. The van der Waals surface area contributed by atoms with Gasteiger partial charge in [-0.1, -0.05) is 30.3 Å². The van der Waals surface area contributed by atoms with E-state index in [4.69, 9.17) is 5.73 Å². The molecule has 0 saturated carbocycles. The van der Waals surface area contributed by atoms with Crippen LogP contribution in [0.4, 0.5) is 0 Å². The molecule has 1 aliphatic heterocycles. The number of carbonyl (C=O) groups excluding carboxylic acids is 1. The molecule has 1 aromatic carbocycles. The zero-order chi connectivity index (χ0) is 14.1. The molecule has 1 aliphatic rings. The topological polar surface area (TPSA) is 89.3 Å². The van der Waals surface area contributed by atoms with E-state index in [1.165, 1.54) is 0 Å². The molecule has 0 bridgehead atoms. The first-order valence-electron chi connectivity index (χ1n) is 6.14. The summed E-state index contributed by atoms with van der Waals surface area (Å²) in [7, 11) is -3.05. The molecule has 5 nitrogen and oxygen atoms in total. The lowest BCUT2D eigenvalue weighted by atomic mass is 10.00. The van der Waals surface area contributed by atoms with Crippen molar-refractivity contribution in [2.75, 3.05) is 11.5 Å². The summed E-state index contributed by atoms with van der Waals surface area (Å²) in [4.78, 5) is 12.1. The fourth-order valence-corrected chi connectivity index (χ4v) is 4.39. The van der Waals surface area contributed by atoms with Crippen LogP contribution in [0.5, 0.6) is 0 Å². The quantitative estimate of drug-likeness (QED) is 0.838. The van der Waals surface area contributed by atoms with Crippen LogP contribution < -0.4 is 11.1 Å². The molecule has 1 aromatic rings. The first-order valence-corrected chi connectivity index (χ1v) is 7.96. The van der Waals surface area contributed by atoms with Crippen molar-refractivity contribution < 1.29 is 13.2 Å². The van der Waals surface area contributed by atoms with Gasteiger partial charge in [-0.15, -0.1) is 0 Å². The van der Waals surface area contributed by atoms with Gasteiger partial charge in [0.15, 0.2) is 9.84 Å². The average molecular weight is 282 g/mol. The number of sulfone groups is 1. The normalized spacial score (nSPS) is 26.8. The van der Waals surface area contributed by atoms with Gasteiger partial charge in [0.05, 0.1) is 17.0 Å². The summed E-state index contributed by atoms with van der Waals surface area (Å²) in [5.41, 5.74) is 5.89. The number of nitrogens with one attached hydrogen (secondary N) is 1. The third-order valence-corrected chi connectivity index (χ3v) is 5.27. The molecular weight excluding hydrogens is 264 g/mol. The second-order valence-electron chi connectivity index (χ2n) is 5.28. The van der Waals surface area contributed by atoms with Gasteiger partial charge in [-0.05, 0) is 18.9 Å². The molecule has 3 N–H and O–H groups in total. The first-order chi connectivity index (χ1) is 8.81. The van der Waals surface area contributed by atoms with Crippen LogP contribution in [0.2, 0.25) is 0 Å². The lowest BCUT2D eigenvalue weighted by molar-refractivity contribution is -0.124. The van der Waals surface area contributed by atoms with Crippen LogP contribution in [0.1, 0.15) is 24.9 Å². The SMILES string of the molecule is CC1(NC(=O)[C@H](N)c2ccccc2)CCS(=O)(=O)C1. The van der Waals surface area contributed by atoms with Crippen molar-refractivity contribution in [3.05, 3.63) is 35.9 Å². The second kappa shape index (κ2) is 4.94. The first kappa shape index (κ1) is 14.0. The van der Waals surface area contributed by atoms with Crippen LogP contribution >= 0.6 is 0 Å². The third kappa shape index (κ3) is 3.33. The number of hydrogen-bond acceptors (Lipinski definition) is 4. The number of benzene rings is 1. The Hall–Kier alpha value is -1.40. The standard InChI is InChI=1S/C13H18N2O3S/c1-13(7-8-19(17,18)9-13)15-12(16)11(14)10-5-3-2-4-6-10/h2-6,11H,7-9,14H2,1H3,(H,15,16)/t11-,13?/m1/s1. The summed E-state index contributed by atoms with van der Waals surface area (Å²) in [6.07, 6.45) is 0.433. The largest absolute Gasteiger partial charge is 0.348 e. The Morgan fingerprint density at radius 2 is 2.00 bits per heavy atom. The minimum Gasteiger partial charge on any atom is -0.348 e. The molecule has 0 radical (unpaired) electrons. The van der Waals surface area contributed by atoms with Crippen molar-refractivity contribution in [3.8, 4) is 0 Å². The summed E-state index contributed by atoms with van der Waals surface area (Å²) >= 11 is 0. The minimum atomic E-state index is -3.05. The Balaban J connectivity index is 2.06. The fraction of sp³-hybridized carbons (Fsp3) is 0.462. The van der Waals surface area contributed by atoms with Gasteiger partial charge >= 0.3 is 0 Å².